The van der Waals surface area contributed by atoms with Gasteiger partial charge in [0.05, 0.1) is 30.8 Å². The number of aromatic nitrogens is 4. The van der Waals surface area contributed by atoms with E-state index < -0.39 is 6.10 Å². The maximum atomic E-state index is 9.74. The standard InChI is InChI=1S/C20H24ClN5O2/c21-15-5-3-4-14(8-15)9-20(6-1-2-7-20)25-18-17-10-24-26(11-16(28)12-27)19(17)23-13-22-18/h3-5,8,10,13,16,27-28H,1-2,6-7,9,11-12H2,(H,22,23,25). The molecular formula is C20H24ClN5O2. The lowest BCUT2D eigenvalue weighted by Crippen LogP contribution is -2.38. The van der Waals surface area contributed by atoms with Gasteiger partial charge in [0.15, 0.2) is 5.65 Å². The summed E-state index contributed by atoms with van der Waals surface area (Å²) in [7, 11) is 0. The van der Waals surface area contributed by atoms with Crippen molar-refractivity contribution in [1.82, 2.24) is 19.7 Å². The lowest BCUT2D eigenvalue weighted by Gasteiger charge is -2.31. The minimum absolute atomic E-state index is 0.0846. The summed E-state index contributed by atoms with van der Waals surface area (Å²) in [6.07, 6.45) is 7.67. The smallest absolute Gasteiger partial charge is 0.163 e. The van der Waals surface area contributed by atoms with Crippen molar-refractivity contribution in [3.8, 4) is 0 Å². The molecule has 7 nitrogen and oxygen atoms in total. The molecule has 1 aromatic carbocycles. The first-order valence-corrected chi connectivity index (χ1v) is 9.94. The second-order valence-electron chi connectivity index (χ2n) is 7.54. The summed E-state index contributed by atoms with van der Waals surface area (Å²) < 4.78 is 1.60. The van der Waals surface area contributed by atoms with Gasteiger partial charge in [-0.2, -0.15) is 5.10 Å². The molecule has 1 unspecified atom stereocenters. The Morgan fingerprint density at radius 3 is 2.82 bits per heavy atom. The zero-order chi connectivity index (χ0) is 19.6. The lowest BCUT2D eigenvalue weighted by atomic mass is 9.89. The Morgan fingerprint density at radius 2 is 2.07 bits per heavy atom. The minimum atomic E-state index is -0.876. The van der Waals surface area contributed by atoms with Gasteiger partial charge in [-0.05, 0) is 37.0 Å². The van der Waals surface area contributed by atoms with Crippen LogP contribution >= 0.6 is 11.6 Å². The van der Waals surface area contributed by atoms with Crippen molar-refractivity contribution in [2.75, 3.05) is 11.9 Å². The highest BCUT2D eigenvalue weighted by molar-refractivity contribution is 6.30. The predicted octanol–water partition coefficient (Wildman–Crippen LogP) is 2.80. The molecule has 4 rings (SSSR count). The number of aliphatic hydroxyl groups is 2. The molecular weight excluding hydrogens is 378 g/mol. The zero-order valence-electron chi connectivity index (χ0n) is 15.6. The number of anilines is 1. The molecule has 3 aromatic rings. The molecule has 1 atom stereocenters. The van der Waals surface area contributed by atoms with Crippen LogP contribution in [0.25, 0.3) is 11.0 Å². The molecule has 8 heteroatoms. The molecule has 1 aliphatic carbocycles. The number of nitrogens with zero attached hydrogens (tertiary/aromatic N) is 4. The van der Waals surface area contributed by atoms with E-state index in [0.29, 0.717) is 5.65 Å². The number of aliphatic hydroxyl groups excluding tert-OH is 2. The van der Waals surface area contributed by atoms with Crippen molar-refractivity contribution < 1.29 is 10.2 Å². The van der Waals surface area contributed by atoms with Crippen molar-refractivity contribution in [3.63, 3.8) is 0 Å². The molecule has 0 radical (unpaired) electrons. The zero-order valence-corrected chi connectivity index (χ0v) is 16.3. The number of hydrogen-bond donors (Lipinski definition) is 3. The molecule has 3 N–H and O–H groups in total. The van der Waals surface area contributed by atoms with E-state index in [1.54, 1.807) is 10.9 Å². The van der Waals surface area contributed by atoms with Gasteiger partial charge in [0.1, 0.15) is 12.1 Å². The van der Waals surface area contributed by atoms with E-state index in [1.165, 1.54) is 24.7 Å². The van der Waals surface area contributed by atoms with E-state index in [-0.39, 0.29) is 18.7 Å². The highest BCUT2D eigenvalue weighted by Crippen LogP contribution is 2.37. The van der Waals surface area contributed by atoms with Crippen LogP contribution in [-0.4, -0.2) is 48.2 Å². The molecule has 2 heterocycles. The highest BCUT2D eigenvalue weighted by Gasteiger charge is 2.35. The summed E-state index contributed by atoms with van der Waals surface area (Å²) in [5.74, 6) is 0.749. The average molecular weight is 402 g/mol. The fourth-order valence-electron chi connectivity index (χ4n) is 4.07. The van der Waals surface area contributed by atoms with Gasteiger partial charge in [0, 0.05) is 10.6 Å². The Labute approximate surface area is 168 Å². The first kappa shape index (κ1) is 19.1. The second-order valence-corrected chi connectivity index (χ2v) is 7.98. The van der Waals surface area contributed by atoms with E-state index in [9.17, 15) is 5.11 Å². The first-order valence-electron chi connectivity index (χ1n) is 9.57. The summed E-state index contributed by atoms with van der Waals surface area (Å²) in [4.78, 5) is 8.79. The van der Waals surface area contributed by atoms with Crippen LogP contribution in [0.2, 0.25) is 5.02 Å². The lowest BCUT2D eigenvalue weighted by molar-refractivity contribution is 0.0792. The molecule has 1 fully saturated rings. The second kappa shape index (κ2) is 8.03. The topological polar surface area (TPSA) is 96.1 Å². The Kier molecular flexibility index (Phi) is 5.48. The predicted molar refractivity (Wildman–Crippen MR) is 108 cm³/mol. The van der Waals surface area contributed by atoms with Gasteiger partial charge in [-0.15, -0.1) is 0 Å². The summed E-state index contributed by atoms with van der Waals surface area (Å²) in [5.41, 5.74) is 1.76. The Bertz CT molecular complexity index is 955. The third-order valence-electron chi connectivity index (χ3n) is 5.40. The van der Waals surface area contributed by atoms with E-state index in [2.05, 4.69) is 26.4 Å². The van der Waals surface area contributed by atoms with Crippen LogP contribution in [-0.2, 0) is 13.0 Å². The number of benzene rings is 1. The van der Waals surface area contributed by atoms with Gasteiger partial charge in [-0.3, -0.25) is 0 Å². The van der Waals surface area contributed by atoms with Crippen LogP contribution in [0.1, 0.15) is 31.2 Å². The van der Waals surface area contributed by atoms with E-state index >= 15 is 0 Å². The molecule has 1 aliphatic rings. The van der Waals surface area contributed by atoms with Crippen molar-refractivity contribution in [3.05, 3.63) is 47.4 Å². The number of rotatable bonds is 7. The minimum Gasteiger partial charge on any atom is -0.394 e. The van der Waals surface area contributed by atoms with E-state index in [4.69, 9.17) is 16.7 Å². The van der Waals surface area contributed by atoms with Crippen LogP contribution in [0.3, 0.4) is 0 Å². The maximum Gasteiger partial charge on any atom is 0.163 e. The summed E-state index contributed by atoms with van der Waals surface area (Å²) in [6, 6.07) is 8.01. The maximum absolute atomic E-state index is 9.74. The Morgan fingerprint density at radius 1 is 1.25 bits per heavy atom. The molecule has 1 saturated carbocycles. The SMILES string of the molecule is OCC(O)Cn1ncc2c(NC3(Cc4cccc(Cl)c4)CCCC3)ncnc21. The van der Waals surface area contributed by atoms with Gasteiger partial charge in [0.2, 0.25) is 0 Å². The van der Waals surface area contributed by atoms with Crippen molar-refractivity contribution in [2.45, 2.75) is 50.3 Å². The molecule has 0 spiro atoms. The van der Waals surface area contributed by atoms with Crippen LogP contribution in [0.4, 0.5) is 5.82 Å². The third kappa shape index (κ3) is 3.97. The fourth-order valence-corrected chi connectivity index (χ4v) is 4.28. The number of halogens is 1. The van der Waals surface area contributed by atoms with Gasteiger partial charge < -0.3 is 15.5 Å². The largest absolute Gasteiger partial charge is 0.394 e. The van der Waals surface area contributed by atoms with Gasteiger partial charge in [0.25, 0.3) is 0 Å². The molecule has 0 bridgehead atoms. The Hall–Kier alpha value is -2.22. The highest BCUT2D eigenvalue weighted by atomic mass is 35.5. The first-order chi connectivity index (χ1) is 13.6. The van der Waals surface area contributed by atoms with Gasteiger partial charge >= 0.3 is 0 Å². The van der Waals surface area contributed by atoms with Crippen LogP contribution in [0.15, 0.2) is 36.8 Å². The van der Waals surface area contributed by atoms with Gasteiger partial charge in [-0.25, -0.2) is 14.6 Å². The van der Waals surface area contributed by atoms with Crippen molar-refractivity contribution >= 4 is 28.5 Å². The summed E-state index contributed by atoms with van der Waals surface area (Å²) in [6.45, 7) is -0.135. The van der Waals surface area contributed by atoms with Crippen LogP contribution in [0, 0.1) is 0 Å². The number of nitrogens with one attached hydrogen (secondary N) is 1. The van der Waals surface area contributed by atoms with E-state index in [1.807, 2.05) is 18.2 Å². The van der Waals surface area contributed by atoms with Crippen LogP contribution in [0.5, 0.6) is 0 Å². The van der Waals surface area contributed by atoms with E-state index in [0.717, 1.165) is 35.5 Å². The third-order valence-corrected chi connectivity index (χ3v) is 5.64. The molecule has 0 amide bonds. The molecule has 28 heavy (non-hydrogen) atoms. The van der Waals surface area contributed by atoms with Gasteiger partial charge in [-0.1, -0.05) is 36.6 Å². The monoisotopic (exact) mass is 401 g/mol. The summed E-state index contributed by atoms with van der Waals surface area (Å²) in [5, 5.41) is 28.4. The van der Waals surface area contributed by atoms with Crippen molar-refractivity contribution in [1.29, 1.82) is 0 Å². The van der Waals surface area contributed by atoms with Crippen LogP contribution < -0.4 is 5.32 Å². The molecule has 2 aromatic heterocycles. The molecule has 148 valence electrons. The summed E-state index contributed by atoms with van der Waals surface area (Å²) >= 11 is 6.18. The fraction of sp³-hybridized carbons (Fsp3) is 0.450. The normalized spacial score (nSPS) is 17.1. The number of fused-ring (bicyclic) bond motifs is 1. The number of hydrogen-bond acceptors (Lipinski definition) is 6. The quantitative estimate of drug-likeness (QED) is 0.563. The Balaban J connectivity index is 1.63. The molecule has 0 saturated heterocycles. The van der Waals surface area contributed by atoms with Crippen molar-refractivity contribution in [2.24, 2.45) is 0 Å². The molecule has 0 aliphatic heterocycles. The average Bonchev–Trinajstić information content (AvgIpc) is 3.30.